The Morgan fingerprint density at radius 1 is 1.22 bits per heavy atom. The molecule has 0 saturated carbocycles. The first-order valence-electron chi connectivity index (χ1n) is 8.56. The van der Waals surface area contributed by atoms with Crippen molar-refractivity contribution >= 4 is 27.3 Å². The van der Waals surface area contributed by atoms with E-state index < -0.39 is 15.8 Å². The summed E-state index contributed by atoms with van der Waals surface area (Å²) < 4.78 is 46.9. The van der Waals surface area contributed by atoms with E-state index in [1.807, 2.05) is 14.1 Å². The zero-order chi connectivity index (χ0) is 19.8. The van der Waals surface area contributed by atoms with Gasteiger partial charge in [0.25, 0.3) is 10.0 Å². The van der Waals surface area contributed by atoms with Gasteiger partial charge in [-0.3, -0.25) is 4.72 Å². The van der Waals surface area contributed by atoms with Gasteiger partial charge in [-0.25, -0.2) is 12.8 Å². The third kappa shape index (κ3) is 4.05. The summed E-state index contributed by atoms with van der Waals surface area (Å²) in [6, 6.07) is 7.05. The zero-order valence-electron chi connectivity index (χ0n) is 15.4. The Bertz CT molecular complexity index is 964. The molecule has 5 nitrogen and oxygen atoms in total. The van der Waals surface area contributed by atoms with Crippen LogP contribution < -0.4 is 9.46 Å². The number of sulfonamides is 1. The molecule has 1 N–H and O–H groups in total. The van der Waals surface area contributed by atoms with Crippen LogP contribution in [0.15, 0.2) is 35.2 Å². The molecular weight excluding hydrogens is 391 g/mol. The van der Waals surface area contributed by atoms with E-state index in [4.69, 9.17) is 16.3 Å². The van der Waals surface area contributed by atoms with Gasteiger partial charge in [0.2, 0.25) is 0 Å². The second-order valence-corrected chi connectivity index (χ2v) is 8.87. The van der Waals surface area contributed by atoms with Crippen LogP contribution in [0.4, 0.5) is 10.1 Å². The Labute approximate surface area is 164 Å². The lowest BCUT2D eigenvalue weighted by Gasteiger charge is -2.32. The number of hydrogen-bond donors (Lipinski definition) is 1. The fourth-order valence-corrected chi connectivity index (χ4v) is 5.08. The van der Waals surface area contributed by atoms with Crippen LogP contribution >= 0.6 is 11.6 Å². The van der Waals surface area contributed by atoms with Crippen LogP contribution in [0, 0.1) is 5.82 Å². The van der Waals surface area contributed by atoms with Crippen LogP contribution in [-0.2, 0) is 22.9 Å². The molecule has 0 radical (unpaired) electrons. The Morgan fingerprint density at radius 3 is 2.59 bits per heavy atom. The van der Waals surface area contributed by atoms with Gasteiger partial charge < -0.3 is 9.64 Å². The zero-order valence-corrected chi connectivity index (χ0v) is 17.0. The minimum Gasteiger partial charge on any atom is -0.496 e. The SMILES string of the molecule is COc1ccc(NS(=O)(=O)c2ccc(F)cc2Cl)c2c1C[C@@H](N(C)C)CC2. The van der Waals surface area contributed by atoms with Crippen molar-refractivity contribution < 1.29 is 17.5 Å². The first kappa shape index (κ1) is 19.9. The highest BCUT2D eigenvalue weighted by molar-refractivity contribution is 7.92. The lowest BCUT2D eigenvalue weighted by atomic mass is 9.86. The van der Waals surface area contributed by atoms with Gasteiger partial charge in [0, 0.05) is 11.6 Å². The molecule has 0 aliphatic heterocycles. The molecule has 1 atom stereocenters. The Kier molecular flexibility index (Phi) is 5.65. The summed E-state index contributed by atoms with van der Waals surface area (Å²) in [7, 11) is 1.73. The van der Waals surface area contributed by atoms with Crippen molar-refractivity contribution in [1.29, 1.82) is 0 Å². The molecule has 2 aromatic carbocycles. The quantitative estimate of drug-likeness (QED) is 0.813. The van der Waals surface area contributed by atoms with Crippen molar-refractivity contribution in [3.8, 4) is 5.75 Å². The number of nitrogens with zero attached hydrogens (tertiary/aromatic N) is 1. The number of methoxy groups -OCH3 is 1. The van der Waals surface area contributed by atoms with Crippen LogP contribution in [0.2, 0.25) is 5.02 Å². The molecule has 27 heavy (non-hydrogen) atoms. The maximum absolute atomic E-state index is 13.3. The molecule has 2 aromatic rings. The molecule has 8 heteroatoms. The number of halogens is 2. The highest BCUT2D eigenvalue weighted by atomic mass is 35.5. The van der Waals surface area contributed by atoms with E-state index in [9.17, 15) is 12.8 Å². The smallest absolute Gasteiger partial charge is 0.263 e. The van der Waals surface area contributed by atoms with Crippen molar-refractivity contribution in [3.63, 3.8) is 0 Å². The van der Waals surface area contributed by atoms with Crippen LogP contribution in [0.5, 0.6) is 5.75 Å². The number of benzene rings is 2. The number of anilines is 1. The van der Waals surface area contributed by atoms with Crippen molar-refractivity contribution in [2.75, 3.05) is 25.9 Å². The van der Waals surface area contributed by atoms with Gasteiger partial charge in [0.05, 0.1) is 17.8 Å². The van der Waals surface area contributed by atoms with E-state index in [1.54, 1.807) is 19.2 Å². The molecular formula is C19H22ClFN2O3S. The van der Waals surface area contributed by atoms with Crippen LogP contribution in [-0.4, -0.2) is 40.6 Å². The summed E-state index contributed by atoms with van der Waals surface area (Å²) >= 11 is 5.94. The summed E-state index contributed by atoms with van der Waals surface area (Å²) in [5.41, 5.74) is 2.44. The van der Waals surface area contributed by atoms with E-state index in [2.05, 4.69) is 9.62 Å². The summed E-state index contributed by atoms with van der Waals surface area (Å²) in [5.74, 6) is 0.162. The number of hydrogen-bond acceptors (Lipinski definition) is 4. The van der Waals surface area contributed by atoms with Crippen molar-refractivity contribution in [2.45, 2.75) is 30.2 Å². The molecule has 0 amide bonds. The lowest BCUT2D eigenvalue weighted by Crippen LogP contribution is -2.34. The molecule has 0 unspecified atom stereocenters. The van der Waals surface area contributed by atoms with Crippen molar-refractivity contribution in [2.24, 2.45) is 0 Å². The largest absolute Gasteiger partial charge is 0.496 e. The molecule has 0 spiro atoms. The lowest BCUT2D eigenvalue weighted by molar-refractivity contribution is 0.265. The molecule has 0 fully saturated rings. The van der Waals surface area contributed by atoms with Gasteiger partial charge in [0.15, 0.2) is 0 Å². The minimum atomic E-state index is -3.94. The molecule has 146 valence electrons. The van der Waals surface area contributed by atoms with Gasteiger partial charge in [-0.15, -0.1) is 0 Å². The van der Waals surface area contributed by atoms with Crippen molar-refractivity contribution in [3.05, 3.63) is 52.3 Å². The molecule has 3 rings (SSSR count). The molecule has 0 bridgehead atoms. The van der Waals surface area contributed by atoms with Crippen LogP contribution in [0.1, 0.15) is 17.5 Å². The number of fused-ring (bicyclic) bond motifs is 1. The highest BCUT2D eigenvalue weighted by Gasteiger charge is 2.27. The van der Waals surface area contributed by atoms with Gasteiger partial charge in [-0.1, -0.05) is 11.6 Å². The predicted molar refractivity (Wildman–Crippen MR) is 105 cm³/mol. The van der Waals surface area contributed by atoms with E-state index in [0.717, 1.165) is 54.3 Å². The maximum atomic E-state index is 13.3. The first-order chi connectivity index (χ1) is 12.7. The Hall–Kier alpha value is -1.83. The van der Waals surface area contributed by atoms with Gasteiger partial charge in [-0.2, -0.15) is 0 Å². The fraction of sp³-hybridized carbons (Fsp3) is 0.368. The molecule has 0 aromatic heterocycles. The third-order valence-electron chi connectivity index (χ3n) is 4.93. The Balaban J connectivity index is 2.00. The third-order valence-corrected chi connectivity index (χ3v) is 6.78. The molecule has 1 aliphatic rings. The van der Waals surface area contributed by atoms with E-state index >= 15 is 0 Å². The average molecular weight is 413 g/mol. The van der Waals surface area contributed by atoms with E-state index in [0.29, 0.717) is 11.7 Å². The normalized spacial score (nSPS) is 16.9. The monoisotopic (exact) mass is 412 g/mol. The molecule has 0 heterocycles. The second kappa shape index (κ2) is 7.66. The van der Waals surface area contributed by atoms with Crippen LogP contribution in [0.3, 0.4) is 0 Å². The maximum Gasteiger partial charge on any atom is 0.263 e. The first-order valence-corrected chi connectivity index (χ1v) is 10.4. The number of likely N-dealkylation sites (N-methyl/N-ethyl adjacent to an activating group) is 1. The number of ether oxygens (including phenoxy) is 1. The van der Waals surface area contributed by atoms with Gasteiger partial charge in [-0.05, 0) is 69.3 Å². The summed E-state index contributed by atoms with van der Waals surface area (Å²) in [5, 5.41) is -0.155. The van der Waals surface area contributed by atoms with Crippen molar-refractivity contribution in [1.82, 2.24) is 4.90 Å². The minimum absolute atomic E-state index is 0.155. The van der Waals surface area contributed by atoms with Crippen LogP contribution in [0.25, 0.3) is 0 Å². The molecule has 0 saturated heterocycles. The van der Waals surface area contributed by atoms with E-state index in [1.165, 1.54) is 0 Å². The standard InChI is InChI=1S/C19H22ClFN2O3S/c1-23(2)13-5-6-14-15(11-13)18(26-3)8-7-17(14)22-27(24,25)19-9-4-12(21)10-16(19)20/h4,7-10,13,22H,5-6,11H2,1-3H3/t13-/m0/s1. The fourth-order valence-electron chi connectivity index (χ4n) is 3.45. The van der Waals surface area contributed by atoms with Gasteiger partial charge in [0.1, 0.15) is 16.5 Å². The highest BCUT2D eigenvalue weighted by Crippen LogP contribution is 2.37. The number of nitrogens with one attached hydrogen (secondary N) is 1. The summed E-state index contributed by atoms with van der Waals surface area (Å²) in [6.07, 6.45) is 2.42. The topological polar surface area (TPSA) is 58.6 Å². The average Bonchev–Trinajstić information content (AvgIpc) is 2.60. The summed E-state index contributed by atoms with van der Waals surface area (Å²) in [6.45, 7) is 0. The van der Waals surface area contributed by atoms with Gasteiger partial charge >= 0.3 is 0 Å². The second-order valence-electron chi connectivity index (χ2n) is 6.81. The number of rotatable bonds is 5. The molecule has 1 aliphatic carbocycles. The Morgan fingerprint density at radius 2 is 1.96 bits per heavy atom. The van der Waals surface area contributed by atoms with E-state index in [-0.39, 0.29) is 9.92 Å². The predicted octanol–water partition coefficient (Wildman–Crippen LogP) is 3.71. The summed E-state index contributed by atoms with van der Waals surface area (Å²) in [4.78, 5) is 2.01.